The monoisotopic (exact) mass is 294 g/mol. The lowest BCUT2D eigenvalue weighted by molar-refractivity contribution is -0.150. The first-order chi connectivity index (χ1) is 9.61. The molecule has 0 aromatic heterocycles. The number of methoxy groups -OCH3 is 1. The van der Waals surface area contributed by atoms with Crippen LogP contribution in [-0.2, 0) is 4.79 Å². The van der Waals surface area contributed by atoms with Gasteiger partial charge in [0, 0.05) is 0 Å². The van der Waals surface area contributed by atoms with Crippen molar-refractivity contribution in [1.82, 2.24) is 5.32 Å². The Morgan fingerprint density at radius 3 is 2.24 bits per heavy atom. The highest BCUT2D eigenvalue weighted by Gasteiger charge is 2.44. The molecule has 2 amide bonds. The topological polar surface area (TPSA) is 87.7 Å². The summed E-state index contributed by atoms with van der Waals surface area (Å²) >= 11 is 0. The molecule has 0 heterocycles. The zero-order chi connectivity index (χ0) is 16.3. The van der Waals surface area contributed by atoms with Gasteiger partial charge in [0.1, 0.15) is 5.75 Å². The van der Waals surface area contributed by atoms with Crippen molar-refractivity contribution in [3.05, 3.63) is 24.3 Å². The highest BCUT2D eigenvalue weighted by atomic mass is 16.5. The lowest BCUT2D eigenvalue weighted by atomic mass is 9.74. The van der Waals surface area contributed by atoms with Gasteiger partial charge < -0.3 is 20.5 Å². The van der Waals surface area contributed by atoms with Crippen LogP contribution in [0.4, 0.5) is 10.5 Å². The molecule has 116 valence electrons. The third-order valence-electron chi connectivity index (χ3n) is 3.88. The quantitative estimate of drug-likeness (QED) is 0.779. The van der Waals surface area contributed by atoms with Crippen molar-refractivity contribution >= 4 is 17.7 Å². The number of aliphatic carboxylic acids is 1. The highest BCUT2D eigenvalue weighted by molar-refractivity contribution is 5.92. The van der Waals surface area contributed by atoms with Gasteiger partial charge in [-0.25, -0.2) is 4.79 Å². The highest BCUT2D eigenvalue weighted by Crippen LogP contribution is 2.31. The lowest BCUT2D eigenvalue weighted by Gasteiger charge is -2.38. The SMILES string of the molecule is COc1ccccc1NC(=O)NC(C)(C)C(C)(C)C(=O)O. The number of carboxylic acid groups (broad SMARTS) is 1. The average Bonchev–Trinajstić information content (AvgIpc) is 2.38. The summed E-state index contributed by atoms with van der Waals surface area (Å²) in [5.41, 5.74) is -1.54. The van der Waals surface area contributed by atoms with E-state index in [0.29, 0.717) is 11.4 Å². The molecule has 6 nitrogen and oxygen atoms in total. The van der Waals surface area contributed by atoms with Crippen molar-refractivity contribution in [2.45, 2.75) is 33.2 Å². The van der Waals surface area contributed by atoms with Crippen molar-refractivity contribution in [3.63, 3.8) is 0 Å². The number of benzene rings is 1. The van der Waals surface area contributed by atoms with Gasteiger partial charge in [-0.1, -0.05) is 12.1 Å². The second-order valence-corrected chi connectivity index (χ2v) is 5.83. The number of carbonyl (C=O) groups excluding carboxylic acids is 1. The van der Waals surface area contributed by atoms with E-state index in [0.717, 1.165) is 0 Å². The second kappa shape index (κ2) is 6.03. The maximum Gasteiger partial charge on any atom is 0.319 e. The Morgan fingerprint density at radius 2 is 1.71 bits per heavy atom. The number of para-hydroxylation sites is 2. The van der Waals surface area contributed by atoms with Gasteiger partial charge >= 0.3 is 12.0 Å². The van der Waals surface area contributed by atoms with E-state index in [1.165, 1.54) is 7.11 Å². The zero-order valence-electron chi connectivity index (χ0n) is 13.0. The molecule has 0 spiro atoms. The van der Waals surface area contributed by atoms with Crippen LogP contribution >= 0.6 is 0 Å². The molecule has 0 saturated heterocycles. The molecule has 0 aliphatic heterocycles. The molecule has 0 saturated carbocycles. The minimum atomic E-state index is -1.12. The van der Waals surface area contributed by atoms with Crippen LogP contribution in [0.5, 0.6) is 5.75 Å². The van der Waals surface area contributed by atoms with E-state index < -0.39 is 23.0 Å². The fourth-order valence-electron chi connectivity index (χ4n) is 1.61. The lowest BCUT2D eigenvalue weighted by Crippen LogP contribution is -2.57. The van der Waals surface area contributed by atoms with Crippen molar-refractivity contribution in [2.75, 3.05) is 12.4 Å². The van der Waals surface area contributed by atoms with E-state index >= 15 is 0 Å². The molecule has 6 heteroatoms. The van der Waals surface area contributed by atoms with Gasteiger partial charge in [-0.05, 0) is 39.8 Å². The number of hydrogen-bond donors (Lipinski definition) is 3. The normalized spacial score (nSPS) is 11.7. The second-order valence-electron chi connectivity index (χ2n) is 5.83. The summed E-state index contributed by atoms with van der Waals surface area (Å²) in [5.74, 6) is -0.451. The number of ether oxygens (including phenoxy) is 1. The summed E-state index contributed by atoms with van der Waals surface area (Å²) in [5, 5.41) is 14.6. The van der Waals surface area contributed by atoms with Gasteiger partial charge in [0.25, 0.3) is 0 Å². The Hall–Kier alpha value is -2.24. The molecule has 1 aromatic rings. The number of rotatable bonds is 5. The van der Waals surface area contributed by atoms with E-state index in [2.05, 4.69) is 10.6 Å². The fraction of sp³-hybridized carbons (Fsp3) is 0.467. The van der Waals surface area contributed by atoms with Crippen molar-refractivity contribution in [1.29, 1.82) is 0 Å². The maximum atomic E-state index is 12.1. The summed E-state index contributed by atoms with van der Waals surface area (Å²) in [6.45, 7) is 6.48. The molecule has 0 fully saturated rings. The largest absolute Gasteiger partial charge is 0.495 e. The van der Waals surface area contributed by atoms with Crippen molar-refractivity contribution < 1.29 is 19.4 Å². The summed E-state index contributed by atoms with van der Waals surface area (Å²) in [6, 6.07) is 6.50. The first kappa shape index (κ1) is 16.8. The van der Waals surface area contributed by atoms with Crippen molar-refractivity contribution in [3.8, 4) is 5.75 Å². The number of anilines is 1. The predicted molar refractivity (Wildman–Crippen MR) is 80.6 cm³/mol. The number of hydrogen-bond acceptors (Lipinski definition) is 3. The van der Waals surface area contributed by atoms with Crippen LogP contribution in [0.25, 0.3) is 0 Å². The fourth-order valence-corrected chi connectivity index (χ4v) is 1.61. The standard InChI is InChI=1S/C15H22N2O4/c1-14(2,12(18)19)15(3,4)17-13(20)16-10-8-6-7-9-11(10)21-5/h6-9H,1-5H3,(H,18,19)(H2,16,17,20). The predicted octanol–water partition coefficient (Wildman–Crippen LogP) is 2.71. The minimum absolute atomic E-state index is 0.487. The Kier molecular flexibility index (Phi) is 4.83. The summed E-state index contributed by atoms with van der Waals surface area (Å²) < 4.78 is 5.15. The Labute approximate surface area is 124 Å². The van der Waals surface area contributed by atoms with Gasteiger partial charge in [0.2, 0.25) is 0 Å². The molecular formula is C15H22N2O4. The summed E-state index contributed by atoms with van der Waals surface area (Å²) in [6.07, 6.45) is 0. The molecule has 1 aromatic carbocycles. The molecule has 1 rings (SSSR count). The Balaban J connectivity index is 2.84. The molecule has 0 bridgehead atoms. The van der Waals surface area contributed by atoms with Crippen LogP contribution in [0.3, 0.4) is 0 Å². The van der Waals surface area contributed by atoms with E-state index in [4.69, 9.17) is 4.74 Å². The molecule has 0 atom stereocenters. The van der Waals surface area contributed by atoms with Crippen LogP contribution < -0.4 is 15.4 Å². The summed E-state index contributed by atoms with van der Waals surface area (Å²) in [7, 11) is 1.51. The number of urea groups is 1. The summed E-state index contributed by atoms with van der Waals surface area (Å²) in [4.78, 5) is 23.4. The van der Waals surface area contributed by atoms with Gasteiger partial charge in [-0.15, -0.1) is 0 Å². The minimum Gasteiger partial charge on any atom is -0.495 e. The van der Waals surface area contributed by atoms with Crippen LogP contribution in [-0.4, -0.2) is 29.8 Å². The van der Waals surface area contributed by atoms with Gasteiger partial charge in [-0.3, -0.25) is 4.79 Å². The van der Waals surface area contributed by atoms with Crippen LogP contribution in [0, 0.1) is 5.41 Å². The molecule has 0 aliphatic rings. The van der Waals surface area contributed by atoms with Gasteiger partial charge in [-0.2, -0.15) is 0 Å². The van der Waals surface area contributed by atoms with Crippen molar-refractivity contribution in [2.24, 2.45) is 5.41 Å². The van der Waals surface area contributed by atoms with E-state index in [-0.39, 0.29) is 0 Å². The van der Waals surface area contributed by atoms with E-state index in [1.54, 1.807) is 52.0 Å². The van der Waals surface area contributed by atoms with Crippen LogP contribution in [0.15, 0.2) is 24.3 Å². The van der Waals surface area contributed by atoms with Crippen LogP contribution in [0.1, 0.15) is 27.7 Å². The molecule has 0 aliphatic carbocycles. The maximum absolute atomic E-state index is 12.1. The Morgan fingerprint density at radius 1 is 1.14 bits per heavy atom. The molecule has 3 N–H and O–H groups in total. The molecule has 0 unspecified atom stereocenters. The van der Waals surface area contributed by atoms with Crippen LogP contribution in [0.2, 0.25) is 0 Å². The van der Waals surface area contributed by atoms with Gasteiger partial charge in [0.05, 0.1) is 23.8 Å². The smallest absolute Gasteiger partial charge is 0.319 e. The third kappa shape index (κ3) is 3.65. The first-order valence-corrected chi connectivity index (χ1v) is 6.57. The third-order valence-corrected chi connectivity index (χ3v) is 3.88. The number of carboxylic acids is 1. The number of carbonyl (C=O) groups is 2. The van der Waals surface area contributed by atoms with E-state index in [1.807, 2.05) is 0 Å². The average molecular weight is 294 g/mol. The molecular weight excluding hydrogens is 272 g/mol. The molecule has 0 radical (unpaired) electrons. The van der Waals surface area contributed by atoms with E-state index in [9.17, 15) is 14.7 Å². The Bertz CT molecular complexity index is 538. The number of amides is 2. The number of nitrogens with one attached hydrogen (secondary N) is 2. The zero-order valence-corrected chi connectivity index (χ0v) is 13.0. The molecule has 21 heavy (non-hydrogen) atoms. The van der Waals surface area contributed by atoms with Gasteiger partial charge in [0.15, 0.2) is 0 Å². The first-order valence-electron chi connectivity index (χ1n) is 6.57.